The molecule has 2 atom stereocenters. The first-order chi connectivity index (χ1) is 10.0. The molecule has 10 heteroatoms. The van der Waals surface area contributed by atoms with Gasteiger partial charge in [-0.15, -0.1) is 13.2 Å². The van der Waals surface area contributed by atoms with Gasteiger partial charge >= 0.3 is 18.3 Å². The number of ether oxygens (including phenoxy) is 2. The molecule has 0 saturated carbocycles. The molecule has 122 valence electrons. The molecule has 0 aromatic heterocycles. The van der Waals surface area contributed by atoms with Gasteiger partial charge in [-0.05, 0) is 23.8 Å². The van der Waals surface area contributed by atoms with E-state index in [1.165, 1.54) is 0 Å². The molecule has 2 unspecified atom stereocenters. The van der Waals surface area contributed by atoms with Gasteiger partial charge in [-0.25, -0.2) is 9.59 Å². The van der Waals surface area contributed by atoms with Crippen molar-refractivity contribution in [3.63, 3.8) is 0 Å². The molecule has 0 bridgehead atoms. The van der Waals surface area contributed by atoms with E-state index >= 15 is 0 Å². The van der Waals surface area contributed by atoms with E-state index in [2.05, 4.69) is 9.47 Å². The first-order valence-corrected chi connectivity index (χ1v) is 5.63. The molecule has 1 aromatic carbocycles. The number of carboxylic acid groups (broad SMARTS) is 1. The summed E-state index contributed by atoms with van der Waals surface area (Å²) in [4.78, 5) is 22.0. The van der Waals surface area contributed by atoms with Crippen LogP contribution in [0.4, 0.5) is 13.2 Å². The van der Waals surface area contributed by atoms with Crippen LogP contribution in [-0.2, 0) is 9.53 Å². The number of aromatic carboxylic acids is 1. The molecule has 0 spiro atoms. The average molecular weight is 324 g/mol. The Balaban J connectivity index is 3.23. The number of benzene rings is 1. The highest BCUT2D eigenvalue weighted by molar-refractivity contribution is 5.88. The second-order valence-corrected chi connectivity index (χ2v) is 4.06. The SMILES string of the molecule is COC(=O)C(O)C(O)c1cc(OC(F)(F)F)cc(C(=O)O)c1. The van der Waals surface area contributed by atoms with Crippen LogP contribution < -0.4 is 4.74 Å². The van der Waals surface area contributed by atoms with Crippen LogP contribution in [0, 0.1) is 0 Å². The number of hydrogen-bond donors (Lipinski definition) is 3. The maximum Gasteiger partial charge on any atom is 0.573 e. The first-order valence-electron chi connectivity index (χ1n) is 5.63. The van der Waals surface area contributed by atoms with Crippen LogP contribution in [-0.4, -0.2) is 46.8 Å². The van der Waals surface area contributed by atoms with Crippen LogP contribution in [0.15, 0.2) is 18.2 Å². The fourth-order valence-electron chi connectivity index (χ4n) is 1.54. The van der Waals surface area contributed by atoms with Crippen molar-refractivity contribution in [1.82, 2.24) is 0 Å². The highest BCUT2D eigenvalue weighted by Crippen LogP contribution is 2.29. The van der Waals surface area contributed by atoms with Crippen LogP contribution in [0.2, 0.25) is 0 Å². The summed E-state index contributed by atoms with van der Waals surface area (Å²) in [6.45, 7) is 0. The second kappa shape index (κ2) is 6.62. The van der Waals surface area contributed by atoms with Crippen LogP contribution in [0.25, 0.3) is 0 Å². The number of methoxy groups -OCH3 is 1. The van der Waals surface area contributed by atoms with E-state index in [0.717, 1.165) is 13.2 Å². The van der Waals surface area contributed by atoms with E-state index in [0.29, 0.717) is 12.1 Å². The summed E-state index contributed by atoms with van der Waals surface area (Å²) in [6, 6.07) is 2.02. The number of carbonyl (C=O) groups excluding carboxylic acids is 1. The second-order valence-electron chi connectivity index (χ2n) is 4.06. The monoisotopic (exact) mass is 324 g/mol. The zero-order valence-corrected chi connectivity index (χ0v) is 11.0. The number of carbonyl (C=O) groups is 2. The normalized spacial score (nSPS) is 14.1. The van der Waals surface area contributed by atoms with Gasteiger partial charge in [0.2, 0.25) is 0 Å². The lowest BCUT2D eigenvalue weighted by Gasteiger charge is -2.18. The van der Waals surface area contributed by atoms with Crippen LogP contribution in [0.1, 0.15) is 22.0 Å². The number of aliphatic hydroxyl groups is 2. The zero-order valence-electron chi connectivity index (χ0n) is 11.0. The molecule has 0 fully saturated rings. The Hall–Kier alpha value is -2.33. The molecule has 0 aliphatic heterocycles. The lowest BCUT2D eigenvalue weighted by molar-refractivity contribution is -0.274. The third-order valence-corrected chi connectivity index (χ3v) is 2.49. The van der Waals surface area contributed by atoms with Crippen molar-refractivity contribution < 1.29 is 47.6 Å². The lowest BCUT2D eigenvalue weighted by atomic mass is 10.0. The summed E-state index contributed by atoms with van der Waals surface area (Å²) >= 11 is 0. The molecule has 22 heavy (non-hydrogen) atoms. The van der Waals surface area contributed by atoms with E-state index in [4.69, 9.17) is 5.11 Å². The predicted octanol–water partition coefficient (Wildman–Crippen LogP) is 0.851. The Morgan fingerprint density at radius 2 is 1.77 bits per heavy atom. The Kier molecular flexibility index (Phi) is 5.33. The van der Waals surface area contributed by atoms with Crippen LogP contribution >= 0.6 is 0 Å². The van der Waals surface area contributed by atoms with E-state index in [-0.39, 0.29) is 0 Å². The van der Waals surface area contributed by atoms with Gasteiger partial charge in [0, 0.05) is 0 Å². The number of rotatable bonds is 5. The molecular formula is C12H11F3O7. The number of halogens is 3. The third kappa shape index (κ3) is 4.60. The number of esters is 1. The van der Waals surface area contributed by atoms with Gasteiger partial charge in [0.25, 0.3) is 0 Å². The van der Waals surface area contributed by atoms with E-state index in [9.17, 15) is 33.0 Å². The van der Waals surface area contributed by atoms with E-state index < -0.39 is 47.4 Å². The molecule has 0 heterocycles. The van der Waals surface area contributed by atoms with Crippen molar-refractivity contribution in [3.8, 4) is 5.75 Å². The molecular weight excluding hydrogens is 313 g/mol. The standard InChI is InChI=1S/C12H11F3O7/c1-21-11(20)9(17)8(16)5-2-6(10(18)19)4-7(3-5)22-12(13,14)15/h2-4,8-9,16-17H,1H3,(H,18,19). The van der Waals surface area contributed by atoms with E-state index in [1.807, 2.05) is 0 Å². The van der Waals surface area contributed by atoms with Gasteiger partial charge in [0.1, 0.15) is 11.9 Å². The molecule has 1 rings (SSSR count). The molecule has 0 aliphatic rings. The molecule has 1 aromatic rings. The fourth-order valence-corrected chi connectivity index (χ4v) is 1.54. The zero-order chi connectivity index (χ0) is 17.1. The average Bonchev–Trinajstić information content (AvgIpc) is 2.42. The predicted molar refractivity (Wildman–Crippen MR) is 63.1 cm³/mol. The maximum atomic E-state index is 12.2. The summed E-state index contributed by atoms with van der Waals surface area (Å²) in [7, 11) is 0.921. The molecule has 7 nitrogen and oxygen atoms in total. The van der Waals surface area contributed by atoms with Crippen molar-refractivity contribution in [2.24, 2.45) is 0 Å². The lowest BCUT2D eigenvalue weighted by Crippen LogP contribution is -2.29. The Bertz CT molecular complexity index is 570. The molecule has 0 radical (unpaired) electrons. The number of alkyl halides is 3. The van der Waals surface area contributed by atoms with Crippen molar-refractivity contribution in [2.45, 2.75) is 18.6 Å². The van der Waals surface area contributed by atoms with Gasteiger partial charge in [-0.3, -0.25) is 0 Å². The van der Waals surface area contributed by atoms with Crippen LogP contribution in [0.3, 0.4) is 0 Å². The van der Waals surface area contributed by atoms with Crippen LogP contribution in [0.5, 0.6) is 5.75 Å². The van der Waals surface area contributed by atoms with Gasteiger partial charge in [0.05, 0.1) is 12.7 Å². The summed E-state index contributed by atoms with van der Waals surface area (Å²) in [6.07, 6.45) is -9.18. The molecule has 0 amide bonds. The third-order valence-electron chi connectivity index (χ3n) is 2.49. The van der Waals surface area contributed by atoms with Gasteiger partial charge in [-0.2, -0.15) is 0 Å². The quantitative estimate of drug-likeness (QED) is 0.688. The van der Waals surface area contributed by atoms with Crippen molar-refractivity contribution in [3.05, 3.63) is 29.3 Å². The Morgan fingerprint density at radius 3 is 2.23 bits per heavy atom. The van der Waals surface area contributed by atoms with E-state index in [1.54, 1.807) is 0 Å². The highest BCUT2D eigenvalue weighted by Gasteiger charge is 2.33. The first kappa shape index (κ1) is 17.7. The number of carboxylic acids is 1. The summed E-state index contributed by atoms with van der Waals surface area (Å²) in [5.74, 6) is -3.75. The minimum atomic E-state index is -5.08. The minimum Gasteiger partial charge on any atom is -0.478 e. The molecule has 3 N–H and O–H groups in total. The smallest absolute Gasteiger partial charge is 0.478 e. The summed E-state index contributed by atoms with van der Waals surface area (Å²) in [5, 5.41) is 28.0. The summed E-state index contributed by atoms with van der Waals surface area (Å²) < 4.78 is 44.3. The van der Waals surface area contributed by atoms with Crippen molar-refractivity contribution >= 4 is 11.9 Å². The summed E-state index contributed by atoms with van der Waals surface area (Å²) in [5.41, 5.74) is -1.09. The fraction of sp³-hybridized carbons (Fsp3) is 0.333. The van der Waals surface area contributed by atoms with Gasteiger partial charge < -0.3 is 24.8 Å². The topological polar surface area (TPSA) is 113 Å². The van der Waals surface area contributed by atoms with Crippen molar-refractivity contribution in [1.29, 1.82) is 0 Å². The largest absolute Gasteiger partial charge is 0.573 e. The highest BCUT2D eigenvalue weighted by atomic mass is 19.4. The van der Waals surface area contributed by atoms with Gasteiger partial charge in [-0.1, -0.05) is 0 Å². The van der Waals surface area contributed by atoms with Crippen molar-refractivity contribution in [2.75, 3.05) is 7.11 Å². The Morgan fingerprint density at radius 1 is 1.18 bits per heavy atom. The molecule has 0 saturated heterocycles. The number of hydrogen-bond acceptors (Lipinski definition) is 6. The Labute approximate surface area is 121 Å². The molecule has 0 aliphatic carbocycles. The number of aliphatic hydroxyl groups excluding tert-OH is 2. The van der Waals surface area contributed by atoms with Gasteiger partial charge in [0.15, 0.2) is 6.10 Å². The maximum absolute atomic E-state index is 12.2. The minimum absolute atomic E-state index is 0.461.